The Morgan fingerprint density at radius 3 is 2.63 bits per heavy atom. The molecule has 0 saturated heterocycles. The summed E-state index contributed by atoms with van der Waals surface area (Å²) in [6.07, 6.45) is 6.33. The third-order valence-electron chi connectivity index (χ3n) is 9.57. The monoisotopic (exact) mass is 689 g/mol. The Hall–Kier alpha value is -6.86. The minimum absolute atomic E-state index is 0.273. The number of aliphatic hydroxyl groups is 1. The zero-order valence-corrected chi connectivity index (χ0v) is 27.7. The molecule has 3 aromatic carbocycles. The number of aromatic amines is 1. The van der Waals surface area contributed by atoms with Crippen LogP contribution in [0.3, 0.4) is 0 Å². The van der Waals surface area contributed by atoms with Crippen LogP contribution in [0.15, 0.2) is 119 Å². The molecule has 9 rings (SSSR count). The van der Waals surface area contributed by atoms with Gasteiger partial charge in [0.2, 0.25) is 0 Å². The molecule has 1 atom stereocenters. The summed E-state index contributed by atoms with van der Waals surface area (Å²) in [5, 5.41) is 14.8. The summed E-state index contributed by atoms with van der Waals surface area (Å²) in [5.74, 6) is 1.94. The summed E-state index contributed by atoms with van der Waals surface area (Å²) >= 11 is 0. The molecule has 1 aliphatic rings. The van der Waals surface area contributed by atoms with E-state index in [1.165, 1.54) is 4.57 Å². The van der Waals surface area contributed by atoms with Gasteiger partial charge in [-0.25, -0.2) is 24.4 Å². The summed E-state index contributed by atoms with van der Waals surface area (Å²) < 4.78 is 10.9. The van der Waals surface area contributed by atoms with Gasteiger partial charge in [-0.2, -0.15) is 5.10 Å². The molecule has 0 aliphatic heterocycles. The number of fused-ring (bicyclic) bond motifs is 3. The maximum atomic E-state index is 14.0. The predicted molar refractivity (Wildman–Crippen MR) is 196 cm³/mol. The molecule has 0 unspecified atom stereocenters. The highest BCUT2D eigenvalue weighted by atomic mass is 16.5. The molecular weight excluding hydrogens is 658 g/mol. The molecule has 5 heterocycles. The Morgan fingerprint density at radius 1 is 0.942 bits per heavy atom. The second-order valence-electron chi connectivity index (χ2n) is 12.7. The van der Waals surface area contributed by atoms with Crippen molar-refractivity contribution in [3.63, 3.8) is 0 Å². The van der Waals surface area contributed by atoms with Crippen molar-refractivity contribution in [2.75, 3.05) is 5.73 Å². The Balaban J connectivity index is 1.12. The van der Waals surface area contributed by atoms with Crippen LogP contribution in [0.5, 0.6) is 5.75 Å². The molecule has 0 fully saturated rings. The van der Waals surface area contributed by atoms with Crippen LogP contribution in [0, 0.1) is 0 Å². The number of H-pyrrole nitrogens is 1. The molecule has 0 radical (unpaired) electrons. The highest BCUT2D eigenvalue weighted by Gasteiger charge is 2.29. The average molecular weight is 690 g/mol. The lowest BCUT2D eigenvalue weighted by molar-refractivity contribution is 0.259. The number of pyridine rings is 2. The number of nitrogen functional groups attached to an aromatic ring is 1. The lowest BCUT2D eigenvalue weighted by atomic mass is 10.1. The first kappa shape index (κ1) is 31.1. The van der Waals surface area contributed by atoms with Crippen molar-refractivity contribution in [2.24, 2.45) is 0 Å². The summed E-state index contributed by atoms with van der Waals surface area (Å²) in [6, 6.07) is 27.6. The summed E-state index contributed by atoms with van der Waals surface area (Å²) in [5.41, 5.74) is 11.7. The van der Waals surface area contributed by atoms with Crippen molar-refractivity contribution in [3.05, 3.63) is 153 Å². The van der Waals surface area contributed by atoms with Crippen LogP contribution in [0.4, 0.5) is 5.82 Å². The molecule has 1 aliphatic carbocycles. The van der Waals surface area contributed by atoms with Gasteiger partial charge in [-0.05, 0) is 78.1 Å². The molecule has 0 amide bonds. The fourth-order valence-corrected chi connectivity index (χ4v) is 7.08. The molecule has 5 aromatic heterocycles. The largest absolute Gasteiger partial charge is 0.488 e. The Kier molecular flexibility index (Phi) is 7.47. The molecule has 8 aromatic rings. The van der Waals surface area contributed by atoms with Crippen LogP contribution in [-0.2, 0) is 19.6 Å². The van der Waals surface area contributed by atoms with Crippen LogP contribution in [0.2, 0.25) is 0 Å². The van der Waals surface area contributed by atoms with Gasteiger partial charge in [0.1, 0.15) is 23.7 Å². The Bertz CT molecular complexity index is 2750. The second-order valence-corrected chi connectivity index (χ2v) is 12.7. The van der Waals surface area contributed by atoms with Gasteiger partial charge in [-0.15, -0.1) is 0 Å². The van der Waals surface area contributed by atoms with Crippen molar-refractivity contribution in [2.45, 2.75) is 32.1 Å². The number of hydrogen-bond donors (Lipinski definition) is 3. The van der Waals surface area contributed by atoms with Crippen LogP contribution in [0.25, 0.3) is 45.0 Å². The summed E-state index contributed by atoms with van der Waals surface area (Å²) in [6.45, 7) is -0.0589. The van der Waals surface area contributed by atoms with Gasteiger partial charge < -0.3 is 20.6 Å². The molecule has 4 N–H and O–H groups in total. The number of nitrogens with two attached hydrogens (primary N) is 1. The van der Waals surface area contributed by atoms with Crippen molar-refractivity contribution >= 4 is 27.9 Å². The van der Waals surface area contributed by atoms with Gasteiger partial charge in [-0.3, -0.25) is 13.9 Å². The number of aromatic nitrogens is 8. The normalized spacial score (nSPS) is 13.9. The topological polar surface area (TPSA) is 172 Å². The van der Waals surface area contributed by atoms with E-state index in [0.717, 1.165) is 22.4 Å². The molecule has 0 saturated carbocycles. The van der Waals surface area contributed by atoms with E-state index in [1.807, 2.05) is 83.6 Å². The van der Waals surface area contributed by atoms with Crippen molar-refractivity contribution in [1.29, 1.82) is 0 Å². The first-order valence-electron chi connectivity index (χ1n) is 16.8. The number of benzene rings is 3. The van der Waals surface area contributed by atoms with Crippen molar-refractivity contribution in [1.82, 2.24) is 38.9 Å². The highest BCUT2D eigenvalue weighted by Crippen LogP contribution is 2.37. The lowest BCUT2D eigenvalue weighted by Gasteiger charge is -2.17. The zero-order chi connectivity index (χ0) is 35.3. The van der Waals surface area contributed by atoms with E-state index in [2.05, 4.69) is 21.1 Å². The average Bonchev–Trinajstić information content (AvgIpc) is 3.93. The van der Waals surface area contributed by atoms with Gasteiger partial charge in [0.05, 0.1) is 29.1 Å². The third-order valence-corrected chi connectivity index (χ3v) is 9.57. The van der Waals surface area contributed by atoms with E-state index >= 15 is 0 Å². The molecule has 13 heteroatoms. The first-order valence-corrected chi connectivity index (χ1v) is 16.8. The fourth-order valence-electron chi connectivity index (χ4n) is 7.08. The van der Waals surface area contributed by atoms with E-state index in [1.54, 1.807) is 29.2 Å². The maximum Gasteiger partial charge on any atom is 0.329 e. The number of nitrogens with one attached hydrogen (secondary N) is 1. The molecule has 0 spiro atoms. The molecular formula is C39H31N9O4. The zero-order valence-electron chi connectivity index (χ0n) is 27.7. The Labute approximate surface area is 295 Å². The number of aliphatic hydroxyl groups excluding tert-OH is 1. The number of rotatable bonds is 8. The quantitative estimate of drug-likeness (QED) is 0.202. The number of aryl methyl sites for hydroxylation is 1. The molecule has 256 valence electrons. The number of ether oxygens (including phenoxy) is 1. The second kappa shape index (κ2) is 12.5. The maximum absolute atomic E-state index is 14.0. The fraction of sp³-hybridized carbons (Fsp3) is 0.128. The van der Waals surface area contributed by atoms with Gasteiger partial charge in [0.25, 0.3) is 5.56 Å². The van der Waals surface area contributed by atoms with E-state index in [9.17, 15) is 14.7 Å². The van der Waals surface area contributed by atoms with Crippen LogP contribution >= 0.6 is 0 Å². The number of nitrogens with zero attached hydrogens (tertiary/aromatic N) is 7. The SMILES string of the molecule is Nc1ncccc1-c1nc2ccc(-n3cccn3)nc2n1-c1ccc2c(c1)CC[C@@H]2n1c(=O)[nH]c2cc(OCc3ccccc3)c(CO)cc2c1=O. The van der Waals surface area contributed by atoms with E-state index in [-0.39, 0.29) is 13.2 Å². The standard InChI is InChI=1S/C39H31N9O4/c40-35-28(8-4-15-41-35)36-43-30-12-14-34(46-17-5-16-42-46)45-37(30)47(36)26-10-11-27-24(18-26)9-13-32(27)48-38(50)29-19-25(21-49)33(20-31(29)44-39(48)51)52-22-23-6-2-1-3-7-23/h1-8,10-12,14-20,32,49H,9,13,21-22H2,(H2,40,41)(H,44,51)/t32-/m0/s1. The van der Waals surface area contributed by atoms with Crippen LogP contribution in [-0.4, -0.2) is 44.0 Å². The molecule has 52 heavy (non-hydrogen) atoms. The van der Waals surface area contributed by atoms with E-state index in [0.29, 0.717) is 69.2 Å². The highest BCUT2D eigenvalue weighted by molar-refractivity contribution is 5.84. The Morgan fingerprint density at radius 2 is 1.83 bits per heavy atom. The van der Waals surface area contributed by atoms with Gasteiger partial charge in [0, 0.05) is 35.9 Å². The number of hydrogen-bond acceptors (Lipinski definition) is 9. The van der Waals surface area contributed by atoms with E-state index < -0.39 is 17.3 Å². The van der Waals surface area contributed by atoms with Gasteiger partial charge >= 0.3 is 5.69 Å². The lowest BCUT2D eigenvalue weighted by Crippen LogP contribution is -2.38. The van der Waals surface area contributed by atoms with Crippen LogP contribution < -0.4 is 21.7 Å². The predicted octanol–water partition coefficient (Wildman–Crippen LogP) is 4.86. The van der Waals surface area contributed by atoms with Crippen LogP contribution in [0.1, 0.15) is 34.7 Å². The van der Waals surface area contributed by atoms with E-state index in [4.69, 9.17) is 20.4 Å². The third kappa shape index (κ3) is 5.22. The first-order chi connectivity index (χ1) is 25.5. The van der Waals surface area contributed by atoms with Gasteiger partial charge in [0.15, 0.2) is 17.3 Å². The van der Waals surface area contributed by atoms with Gasteiger partial charge in [-0.1, -0.05) is 36.4 Å². The number of imidazole rings is 1. The molecule has 0 bridgehead atoms. The minimum Gasteiger partial charge on any atom is -0.488 e. The summed E-state index contributed by atoms with van der Waals surface area (Å²) in [4.78, 5) is 44.8. The minimum atomic E-state index is -0.518. The van der Waals surface area contributed by atoms with Crippen molar-refractivity contribution in [3.8, 4) is 28.6 Å². The smallest absolute Gasteiger partial charge is 0.329 e. The molecule has 13 nitrogen and oxygen atoms in total. The van der Waals surface area contributed by atoms with Crippen molar-refractivity contribution < 1.29 is 9.84 Å². The number of anilines is 1. The summed E-state index contributed by atoms with van der Waals surface area (Å²) in [7, 11) is 0.